The van der Waals surface area contributed by atoms with Gasteiger partial charge in [0.2, 0.25) is 10.0 Å². The number of ether oxygens (including phenoxy) is 2. The third-order valence-corrected chi connectivity index (χ3v) is 12.0. The third kappa shape index (κ3) is 6.55. The zero-order valence-electron chi connectivity index (χ0n) is 25.5. The number of hydrogen-bond acceptors (Lipinski definition) is 8. The van der Waals surface area contributed by atoms with E-state index in [1.54, 1.807) is 24.3 Å². The molecule has 0 radical (unpaired) electrons. The number of thiocarbonyl (C=S) groups is 1. The molecule has 4 unspecified atom stereocenters. The molecule has 46 heavy (non-hydrogen) atoms. The Kier molecular flexibility index (Phi) is 9.47. The van der Waals surface area contributed by atoms with Crippen molar-refractivity contribution in [2.45, 2.75) is 62.4 Å². The van der Waals surface area contributed by atoms with Gasteiger partial charge in [0.05, 0.1) is 42.9 Å². The van der Waals surface area contributed by atoms with Crippen LogP contribution in [0.15, 0.2) is 77.7 Å². The van der Waals surface area contributed by atoms with E-state index in [4.69, 9.17) is 21.7 Å². The number of fused-ring (bicyclic) bond motifs is 2. The molecule has 3 heterocycles. The fourth-order valence-corrected chi connectivity index (χ4v) is 8.87. The van der Waals surface area contributed by atoms with Crippen molar-refractivity contribution < 1.29 is 36.2 Å². The maximum Gasteiger partial charge on any atom is 0.421 e. The van der Waals surface area contributed by atoms with E-state index < -0.39 is 21.8 Å². The van der Waals surface area contributed by atoms with Crippen molar-refractivity contribution in [3.05, 3.63) is 88.9 Å². The maximum atomic E-state index is 13.8. The summed E-state index contributed by atoms with van der Waals surface area (Å²) in [5, 5.41) is 10.2. The first-order chi connectivity index (χ1) is 21.9. The number of aliphatic hydroxyl groups is 1. The highest BCUT2D eigenvalue weighted by molar-refractivity contribution is 7.96. The maximum absolute atomic E-state index is 13.8. The zero-order valence-corrected chi connectivity index (χ0v) is 27.1. The number of sulfonamides is 1. The summed E-state index contributed by atoms with van der Waals surface area (Å²) in [5.74, 6) is 0. The van der Waals surface area contributed by atoms with Crippen LogP contribution in [0.25, 0.3) is 0 Å². The first kappa shape index (κ1) is 33.3. The van der Waals surface area contributed by atoms with Gasteiger partial charge in [-0.15, -0.1) is 0 Å². The predicted octanol–water partition coefficient (Wildman–Crippen LogP) is 4.55. The molecule has 0 aromatic heterocycles. The Bertz CT molecular complexity index is 1580. The highest BCUT2D eigenvalue weighted by Crippen LogP contribution is 2.40. The summed E-state index contributed by atoms with van der Waals surface area (Å²) in [6, 6.07) is 15.4. The number of hydrogen-bond donors (Lipinski definition) is 1. The summed E-state index contributed by atoms with van der Waals surface area (Å²) in [4.78, 5) is 4.92. The Balaban J connectivity index is 1.26. The number of rotatable bonds is 9. The van der Waals surface area contributed by atoms with Gasteiger partial charge in [-0.25, -0.2) is 8.42 Å². The molecule has 1 aliphatic carbocycles. The molecule has 248 valence electrons. The Labute approximate surface area is 273 Å². The van der Waals surface area contributed by atoms with Crippen LogP contribution >= 0.6 is 12.2 Å². The van der Waals surface area contributed by atoms with Crippen molar-refractivity contribution >= 4 is 32.8 Å². The van der Waals surface area contributed by atoms with Gasteiger partial charge in [-0.1, -0.05) is 66.8 Å². The quantitative estimate of drug-likeness (QED) is 0.388. The number of anilines is 1. The predicted molar refractivity (Wildman–Crippen MR) is 173 cm³/mol. The van der Waals surface area contributed by atoms with Crippen molar-refractivity contribution in [2.24, 2.45) is 0 Å². The van der Waals surface area contributed by atoms with E-state index in [9.17, 15) is 26.7 Å². The van der Waals surface area contributed by atoms with Crippen molar-refractivity contribution in [3.8, 4) is 0 Å². The number of halogens is 3. The van der Waals surface area contributed by atoms with Crippen molar-refractivity contribution in [1.82, 2.24) is 9.21 Å². The molecule has 0 spiro atoms. The lowest BCUT2D eigenvalue weighted by molar-refractivity contribution is -0.258. The fourth-order valence-electron chi connectivity index (χ4n) is 6.80. The van der Waals surface area contributed by atoms with Crippen molar-refractivity contribution in [1.29, 1.82) is 0 Å². The summed E-state index contributed by atoms with van der Waals surface area (Å²) < 4.78 is 82.0. The lowest BCUT2D eigenvalue weighted by Gasteiger charge is -2.46. The summed E-state index contributed by atoms with van der Waals surface area (Å²) in [5.41, 5.74) is -1.54. The van der Waals surface area contributed by atoms with Gasteiger partial charge in [0.1, 0.15) is 0 Å². The van der Waals surface area contributed by atoms with Crippen LogP contribution in [-0.2, 0) is 31.7 Å². The number of nitrogens with zero attached hydrogens (tertiary/aromatic N) is 3. The number of alkyl halides is 3. The zero-order chi connectivity index (χ0) is 32.7. The molecule has 2 bridgehead atoms. The molecule has 4 aliphatic rings. The molecule has 2 aromatic rings. The van der Waals surface area contributed by atoms with Crippen LogP contribution in [0.4, 0.5) is 18.9 Å². The molecule has 0 saturated carbocycles. The Morgan fingerprint density at radius 3 is 2.50 bits per heavy atom. The summed E-state index contributed by atoms with van der Waals surface area (Å²) in [6.07, 6.45) is 1.34. The van der Waals surface area contributed by atoms with Gasteiger partial charge < -0.3 is 19.5 Å². The van der Waals surface area contributed by atoms with Crippen LogP contribution in [-0.4, -0.2) is 97.4 Å². The largest absolute Gasteiger partial charge is 0.421 e. The molecule has 3 aliphatic heterocycles. The smallest absolute Gasteiger partial charge is 0.378 e. The van der Waals surface area contributed by atoms with Gasteiger partial charge in [0.15, 0.2) is 5.60 Å². The third-order valence-electron chi connectivity index (χ3n) is 9.49. The van der Waals surface area contributed by atoms with E-state index >= 15 is 0 Å². The van der Waals surface area contributed by atoms with Crippen LogP contribution in [0, 0.1) is 0 Å². The Morgan fingerprint density at radius 2 is 1.80 bits per heavy atom. The van der Waals surface area contributed by atoms with Crippen LogP contribution in [0.1, 0.15) is 30.9 Å². The van der Waals surface area contributed by atoms with Gasteiger partial charge in [-0.3, -0.25) is 4.90 Å². The van der Waals surface area contributed by atoms with Crippen LogP contribution in [0.2, 0.25) is 0 Å². The van der Waals surface area contributed by atoms with Crippen molar-refractivity contribution in [2.75, 3.05) is 44.3 Å². The highest BCUT2D eigenvalue weighted by Gasteiger charge is 2.51. The molecule has 5 atom stereocenters. The van der Waals surface area contributed by atoms with E-state index in [2.05, 4.69) is 9.80 Å². The first-order valence-electron chi connectivity index (χ1n) is 15.4. The molecule has 0 amide bonds. The minimum atomic E-state index is -4.84. The van der Waals surface area contributed by atoms with Gasteiger partial charge in [0, 0.05) is 49.2 Å². The van der Waals surface area contributed by atoms with E-state index in [1.807, 2.05) is 36.4 Å². The number of morpholine rings is 1. The summed E-state index contributed by atoms with van der Waals surface area (Å²) in [7, 11) is -3.87. The molecular weight excluding hydrogens is 640 g/mol. The second-order valence-corrected chi connectivity index (χ2v) is 14.8. The molecule has 13 heteroatoms. The van der Waals surface area contributed by atoms with Gasteiger partial charge >= 0.3 is 6.18 Å². The van der Waals surface area contributed by atoms with Gasteiger partial charge in [0.25, 0.3) is 0 Å². The SMILES string of the molecule is CC(O)(c1ccc(N2CCN(S(=O)(=O)C3=CC=CCC3=S)C[C@@H]2CN2C3COCC2C(OCc2ccccc2)C3)cc1)C(F)(F)F. The van der Waals surface area contributed by atoms with Gasteiger partial charge in [-0.2, -0.15) is 17.5 Å². The molecule has 3 saturated heterocycles. The normalized spacial score (nSPS) is 27.5. The highest BCUT2D eigenvalue weighted by atomic mass is 32.2. The molecule has 3 fully saturated rings. The molecule has 2 aromatic carbocycles. The molecule has 8 nitrogen and oxygen atoms in total. The summed E-state index contributed by atoms with van der Waals surface area (Å²) in [6.45, 7) is 3.40. The van der Waals surface area contributed by atoms with Crippen LogP contribution in [0.3, 0.4) is 0 Å². The lowest BCUT2D eigenvalue weighted by atomic mass is 9.95. The van der Waals surface area contributed by atoms with Gasteiger partial charge in [-0.05, 0) is 42.7 Å². The number of piperazine rings is 1. The molecule has 1 N–H and O–H groups in total. The van der Waals surface area contributed by atoms with Crippen molar-refractivity contribution in [3.63, 3.8) is 0 Å². The van der Waals surface area contributed by atoms with Crippen LogP contribution < -0.4 is 4.90 Å². The number of benzene rings is 2. The average Bonchev–Trinajstić information content (AvgIpc) is 3.20. The van der Waals surface area contributed by atoms with E-state index in [0.717, 1.165) is 18.9 Å². The second-order valence-electron chi connectivity index (χ2n) is 12.4. The van der Waals surface area contributed by atoms with Crippen LogP contribution in [0.5, 0.6) is 0 Å². The lowest BCUT2D eigenvalue weighted by Crippen LogP contribution is -2.61. The second kappa shape index (κ2) is 13.1. The van der Waals surface area contributed by atoms with E-state index in [1.165, 1.54) is 16.4 Å². The minimum Gasteiger partial charge on any atom is -0.378 e. The number of allylic oxidation sites excluding steroid dienone is 4. The molecule has 6 rings (SSSR count). The Hall–Kier alpha value is -2.65. The monoisotopic (exact) mass is 677 g/mol. The average molecular weight is 678 g/mol. The Morgan fingerprint density at radius 1 is 1.07 bits per heavy atom. The van der Waals surface area contributed by atoms with E-state index in [-0.39, 0.29) is 47.8 Å². The summed E-state index contributed by atoms with van der Waals surface area (Å²) >= 11 is 5.41. The fraction of sp³-hybridized carbons (Fsp3) is 0.485. The topological polar surface area (TPSA) is 82.6 Å². The van der Waals surface area contributed by atoms with E-state index in [0.29, 0.717) is 49.9 Å². The first-order valence-corrected chi connectivity index (χ1v) is 17.3. The standard InChI is InChI=1S/C33H38F3N3O5S2/c1-32(40,33(34,35)36)24-11-13-25(14-12-24)38-16-15-37(46(41,42)31-10-6-5-9-30(31)45)18-27(38)19-39-26-17-29(28(39)22-43-21-26)44-20-23-7-3-2-4-8-23/h2-8,10-14,26-29,40H,9,15-22H2,1H3/t26?,27-,28?,29?,32?/m1/s1. The molecular formula is C33H38F3N3O5S2. The minimum absolute atomic E-state index is 0.0284.